The van der Waals surface area contributed by atoms with Crippen molar-refractivity contribution < 1.29 is 9.59 Å². The molecular weight excluding hydrogens is 326 g/mol. The summed E-state index contributed by atoms with van der Waals surface area (Å²) < 4.78 is 0. The van der Waals surface area contributed by atoms with Gasteiger partial charge in [0.2, 0.25) is 0 Å². The molecular formula is C16H19N5O2S. The van der Waals surface area contributed by atoms with Crippen LogP contribution in [0.4, 0.5) is 9.80 Å². The summed E-state index contributed by atoms with van der Waals surface area (Å²) >= 11 is 1.30. The molecule has 5 N–H and O–H groups in total. The van der Waals surface area contributed by atoms with Crippen LogP contribution in [-0.4, -0.2) is 36.1 Å². The van der Waals surface area contributed by atoms with Gasteiger partial charge in [0.15, 0.2) is 0 Å². The van der Waals surface area contributed by atoms with Crippen LogP contribution in [0.3, 0.4) is 0 Å². The van der Waals surface area contributed by atoms with Crippen LogP contribution in [0.25, 0.3) is 10.4 Å². The molecule has 3 amide bonds. The number of anilines is 1. The summed E-state index contributed by atoms with van der Waals surface area (Å²) in [5.74, 6) is -0.209. The summed E-state index contributed by atoms with van der Waals surface area (Å²) in [4.78, 5) is 28.8. The number of pyridine rings is 1. The number of piperidine rings is 1. The molecule has 0 aromatic carbocycles. The lowest BCUT2D eigenvalue weighted by Gasteiger charge is -2.23. The molecule has 0 aliphatic carbocycles. The molecule has 0 spiro atoms. The molecule has 8 heteroatoms. The molecule has 7 nitrogen and oxygen atoms in total. The maximum absolute atomic E-state index is 12.6. The van der Waals surface area contributed by atoms with Crippen LogP contribution in [0.2, 0.25) is 0 Å². The molecule has 0 saturated carbocycles. The van der Waals surface area contributed by atoms with E-state index in [1.54, 1.807) is 18.5 Å². The number of primary amides is 1. The van der Waals surface area contributed by atoms with Crippen molar-refractivity contribution in [3.05, 3.63) is 36.2 Å². The summed E-state index contributed by atoms with van der Waals surface area (Å²) in [5.41, 5.74) is 6.53. The van der Waals surface area contributed by atoms with Gasteiger partial charge in [-0.2, -0.15) is 0 Å². The fraction of sp³-hybridized carbons (Fsp3) is 0.312. The highest BCUT2D eigenvalue weighted by Crippen LogP contribution is 2.35. The number of carbonyl (C=O) groups is 2. The van der Waals surface area contributed by atoms with E-state index in [1.807, 2.05) is 12.1 Å². The summed E-state index contributed by atoms with van der Waals surface area (Å²) in [7, 11) is 0. The third-order valence-corrected chi connectivity index (χ3v) is 4.89. The number of nitrogens with zero attached hydrogens (tertiary/aromatic N) is 1. The molecule has 1 saturated heterocycles. The van der Waals surface area contributed by atoms with Crippen molar-refractivity contribution >= 4 is 28.3 Å². The highest BCUT2D eigenvalue weighted by molar-refractivity contribution is 7.20. The molecule has 1 atom stereocenters. The molecule has 1 aliphatic heterocycles. The number of amides is 3. The van der Waals surface area contributed by atoms with E-state index in [4.69, 9.17) is 5.73 Å². The molecule has 1 aliphatic rings. The van der Waals surface area contributed by atoms with Gasteiger partial charge in [-0.05, 0) is 31.5 Å². The number of aromatic nitrogens is 1. The lowest BCUT2D eigenvalue weighted by atomic mass is 10.1. The number of nitrogens with two attached hydrogens (primary N) is 1. The van der Waals surface area contributed by atoms with Gasteiger partial charge in [-0.1, -0.05) is 6.07 Å². The first-order chi connectivity index (χ1) is 11.6. The third kappa shape index (κ3) is 3.90. The Balaban J connectivity index is 1.85. The molecule has 24 heavy (non-hydrogen) atoms. The molecule has 1 unspecified atom stereocenters. The maximum Gasteiger partial charge on any atom is 0.317 e. The molecule has 1 fully saturated rings. The van der Waals surface area contributed by atoms with E-state index in [1.165, 1.54) is 11.3 Å². The molecule has 3 rings (SSSR count). The summed E-state index contributed by atoms with van der Waals surface area (Å²) in [5, 5.41) is 9.26. The second-order valence-electron chi connectivity index (χ2n) is 5.60. The largest absolute Gasteiger partial charge is 0.351 e. The van der Waals surface area contributed by atoms with Crippen molar-refractivity contribution in [2.24, 2.45) is 5.73 Å². The lowest BCUT2D eigenvalue weighted by Crippen LogP contribution is -2.45. The minimum Gasteiger partial charge on any atom is -0.351 e. The van der Waals surface area contributed by atoms with Crippen LogP contribution in [-0.2, 0) is 0 Å². The maximum atomic E-state index is 12.6. The summed E-state index contributed by atoms with van der Waals surface area (Å²) in [6.45, 7) is 1.73. The molecule has 3 heterocycles. The first-order valence-electron chi connectivity index (χ1n) is 7.76. The van der Waals surface area contributed by atoms with Gasteiger partial charge in [0, 0.05) is 35.4 Å². The van der Waals surface area contributed by atoms with Gasteiger partial charge in [0.25, 0.3) is 5.91 Å². The predicted octanol–water partition coefficient (Wildman–Crippen LogP) is 1.78. The number of hydrogen-bond donors (Lipinski definition) is 4. The van der Waals surface area contributed by atoms with Gasteiger partial charge in [-0.15, -0.1) is 11.3 Å². The second kappa shape index (κ2) is 7.41. The SMILES string of the molecule is NC(=O)Nc1sc(-c2cccnc2)cc1C(=O)NC1CCCNC1. The van der Waals surface area contributed by atoms with Crippen LogP contribution in [0.1, 0.15) is 23.2 Å². The van der Waals surface area contributed by atoms with Crippen LogP contribution in [0, 0.1) is 0 Å². The minimum atomic E-state index is -0.692. The predicted molar refractivity (Wildman–Crippen MR) is 94.1 cm³/mol. The van der Waals surface area contributed by atoms with Gasteiger partial charge in [0.05, 0.1) is 5.56 Å². The fourth-order valence-electron chi connectivity index (χ4n) is 2.65. The number of nitrogens with one attached hydrogen (secondary N) is 3. The van der Waals surface area contributed by atoms with Crippen molar-refractivity contribution in [3.8, 4) is 10.4 Å². The molecule has 0 radical (unpaired) electrons. The van der Waals surface area contributed by atoms with Gasteiger partial charge in [-0.3, -0.25) is 15.1 Å². The first-order valence-corrected chi connectivity index (χ1v) is 8.57. The summed E-state index contributed by atoms with van der Waals surface area (Å²) in [6.07, 6.45) is 5.37. The van der Waals surface area contributed by atoms with Crippen molar-refractivity contribution in [1.29, 1.82) is 0 Å². The minimum absolute atomic E-state index is 0.0921. The average Bonchev–Trinajstić information content (AvgIpc) is 3.00. The number of rotatable bonds is 4. The Morgan fingerprint density at radius 3 is 2.96 bits per heavy atom. The van der Waals surface area contributed by atoms with Crippen molar-refractivity contribution in [2.75, 3.05) is 18.4 Å². The Morgan fingerprint density at radius 2 is 2.29 bits per heavy atom. The second-order valence-corrected chi connectivity index (χ2v) is 6.65. The first kappa shape index (κ1) is 16.4. The van der Waals surface area contributed by atoms with Crippen molar-refractivity contribution in [3.63, 3.8) is 0 Å². The topological polar surface area (TPSA) is 109 Å². The molecule has 0 bridgehead atoms. The highest BCUT2D eigenvalue weighted by Gasteiger charge is 2.21. The fourth-order valence-corrected chi connectivity index (χ4v) is 3.70. The van der Waals surface area contributed by atoms with E-state index in [2.05, 4.69) is 20.9 Å². The van der Waals surface area contributed by atoms with Gasteiger partial charge < -0.3 is 16.4 Å². The van der Waals surface area contributed by atoms with E-state index in [9.17, 15) is 9.59 Å². The van der Waals surface area contributed by atoms with E-state index in [-0.39, 0.29) is 11.9 Å². The van der Waals surface area contributed by atoms with E-state index in [0.29, 0.717) is 10.6 Å². The normalized spacial score (nSPS) is 17.2. The monoisotopic (exact) mass is 345 g/mol. The lowest BCUT2D eigenvalue weighted by molar-refractivity contribution is 0.0932. The van der Waals surface area contributed by atoms with Crippen molar-refractivity contribution in [2.45, 2.75) is 18.9 Å². The summed E-state index contributed by atoms with van der Waals surface area (Å²) in [6, 6.07) is 4.89. The number of carbonyl (C=O) groups excluding carboxylic acids is 2. The Bertz CT molecular complexity index is 725. The highest BCUT2D eigenvalue weighted by atomic mass is 32.1. The Kier molecular flexibility index (Phi) is 5.07. The Morgan fingerprint density at radius 1 is 1.42 bits per heavy atom. The van der Waals surface area contributed by atoms with Crippen LogP contribution < -0.4 is 21.7 Å². The average molecular weight is 345 g/mol. The quantitative estimate of drug-likeness (QED) is 0.677. The molecule has 126 valence electrons. The smallest absolute Gasteiger partial charge is 0.317 e. The van der Waals surface area contributed by atoms with E-state index < -0.39 is 6.03 Å². The molecule has 2 aromatic rings. The zero-order valence-electron chi connectivity index (χ0n) is 13.0. The van der Waals surface area contributed by atoms with E-state index >= 15 is 0 Å². The standard InChI is InChI=1S/C16H19N5O2S/c17-16(23)21-15-12(14(22)20-11-4-2-6-19-9-11)7-13(24-15)10-3-1-5-18-8-10/h1,3,5,7-8,11,19H,2,4,6,9H2,(H,20,22)(H3,17,21,23). The zero-order chi connectivity index (χ0) is 16.9. The number of urea groups is 1. The molecule has 2 aromatic heterocycles. The van der Waals surface area contributed by atoms with Crippen LogP contribution in [0.5, 0.6) is 0 Å². The number of thiophene rings is 1. The van der Waals surface area contributed by atoms with Crippen molar-refractivity contribution in [1.82, 2.24) is 15.6 Å². The zero-order valence-corrected chi connectivity index (χ0v) is 13.9. The van der Waals surface area contributed by atoms with E-state index in [0.717, 1.165) is 36.4 Å². The van der Waals surface area contributed by atoms with Crippen LogP contribution in [0.15, 0.2) is 30.6 Å². The van der Waals surface area contributed by atoms with Crippen LogP contribution >= 0.6 is 11.3 Å². The Hall–Kier alpha value is -2.45. The van der Waals surface area contributed by atoms with Gasteiger partial charge in [-0.25, -0.2) is 4.79 Å². The third-order valence-electron chi connectivity index (χ3n) is 3.79. The Labute approximate surface area is 143 Å². The number of hydrogen-bond acceptors (Lipinski definition) is 5. The van der Waals surface area contributed by atoms with Gasteiger partial charge >= 0.3 is 6.03 Å². The van der Waals surface area contributed by atoms with Gasteiger partial charge in [0.1, 0.15) is 5.00 Å².